The lowest BCUT2D eigenvalue weighted by atomic mass is 10.0. The van der Waals surface area contributed by atoms with Crippen molar-refractivity contribution >= 4 is 23.1 Å². The number of carbonyl (C=O) groups excluding carboxylic acids is 2. The summed E-state index contributed by atoms with van der Waals surface area (Å²) >= 11 is 0. The molecule has 0 radical (unpaired) electrons. The molecule has 0 atom stereocenters. The third-order valence-corrected chi connectivity index (χ3v) is 5.11. The second-order valence-corrected chi connectivity index (χ2v) is 7.35. The van der Waals surface area contributed by atoms with Crippen LogP contribution in [0, 0.1) is 6.92 Å². The van der Waals surface area contributed by atoms with Gasteiger partial charge in [-0.1, -0.05) is 18.2 Å². The number of aryl methyl sites for hydroxylation is 1. The van der Waals surface area contributed by atoms with E-state index in [2.05, 4.69) is 5.32 Å². The molecule has 170 valence electrons. The molecule has 1 aliphatic rings. The van der Waals surface area contributed by atoms with Crippen LogP contribution in [-0.4, -0.2) is 50.2 Å². The Kier molecular flexibility index (Phi) is 7.89. The molecular formula is C25H30N2O5. The van der Waals surface area contributed by atoms with Crippen molar-refractivity contribution in [2.24, 2.45) is 0 Å². The van der Waals surface area contributed by atoms with E-state index < -0.39 is 0 Å². The van der Waals surface area contributed by atoms with Crippen LogP contribution in [0.3, 0.4) is 0 Å². The molecule has 1 N–H and O–H groups in total. The highest BCUT2D eigenvalue weighted by Gasteiger charge is 2.39. The third-order valence-electron chi connectivity index (χ3n) is 5.11. The number of benzene rings is 2. The first-order valence-corrected chi connectivity index (χ1v) is 10.8. The SMILES string of the molecule is CCOCCCN1C(=O)C(Nc2cc(C)ccc2OC)=C(c2ccc(OCC)cc2)C1=O. The summed E-state index contributed by atoms with van der Waals surface area (Å²) in [5.41, 5.74) is 2.84. The third kappa shape index (κ3) is 5.11. The van der Waals surface area contributed by atoms with Gasteiger partial charge in [-0.05, 0) is 62.6 Å². The monoisotopic (exact) mass is 438 g/mol. The number of amides is 2. The van der Waals surface area contributed by atoms with E-state index in [1.165, 1.54) is 4.90 Å². The minimum atomic E-state index is -0.362. The van der Waals surface area contributed by atoms with Crippen LogP contribution < -0.4 is 14.8 Å². The van der Waals surface area contributed by atoms with Crippen LogP contribution >= 0.6 is 0 Å². The topological polar surface area (TPSA) is 77.1 Å². The number of imide groups is 1. The average Bonchev–Trinajstić information content (AvgIpc) is 3.02. The first-order valence-electron chi connectivity index (χ1n) is 10.8. The van der Waals surface area contributed by atoms with Crippen molar-refractivity contribution in [3.63, 3.8) is 0 Å². The highest BCUT2D eigenvalue weighted by Crippen LogP contribution is 2.34. The Morgan fingerprint density at radius 3 is 2.38 bits per heavy atom. The Morgan fingerprint density at radius 1 is 0.969 bits per heavy atom. The van der Waals surface area contributed by atoms with Crippen LogP contribution in [0.5, 0.6) is 11.5 Å². The number of hydrogen-bond donors (Lipinski definition) is 1. The van der Waals surface area contributed by atoms with Crippen molar-refractivity contribution < 1.29 is 23.8 Å². The largest absolute Gasteiger partial charge is 0.495 e. The van der Waals surface area contributed by atoms with Gasteiger partial charge in [-0.25, -0.2) is 0 Å². The molecule has 0 saturated carbocycles. The van der Waals surface area contributed by atoms with Gasteiger partial charge in [0.1, 0.15) is 17.2 Å². The van der Waals surface area contributed by atoms with E-state index in [1.807, 2.05) is 39.0 Å². The van der Waals surface area contributed by atoms with E-state index in [9.17, 15) is 9.59 Å². The lowest BCUT2D eigenvalue weighted by Gasteiger charge is -2.16. The van der Waals surface area contributed by atoms with Crippen molar-refractivity contribution in [1.82, 2.24) is 4.90 Å². The van der Waals surface area contributed by atoms with Gasteiger partial charge in [0.05, 0.1) is 25.0 Å². The molecule has 2 aromatic carbocycles. The fraction of sp³-hybridized carbons (Fsp3) is 0.360. The van der Waals surface area contributed by atoms with Gasteiger partial charge in [0.25, 0.3) is 11.8 Å². The number of hydrogen-bond acceptors (Lipinski definition) is 6. The van der Waals surface area contributed by atoms with Crippen LogP contribution in [0.4, 0.5) is 5.69 Å². The summed E-state index contributed by atoms with van der Waals surface area (Å²) < 4.78 is 16.3. The molecule has 7 heteroatoms. The number of methoxy groups -OCH3 is 1. The van der Waals surface area contributed by atoms with Gasteiger partial charge in [0.2, 0.25) is 0 Å². The van der Waals surface area contributed by atoms with Gasteiger partial charge in [0.15, 0.2) is 0 Å². The highest BCUT2D eigenvalue weighted by atomic mass is 16.5. The summed E-state index contributed by atoms with van der Waals surface area (Å²) in [5, 5.41) is 3.18. The number of nitrogens with one attached hydrogen (secondary N) is 1. The van der Waals surface area contributed by atoms with Crippen molar-refractivity contribution in [3.8, 4) is 11.5 Å². The molecular weight excluding hydrogens is 408 g/mol. The Balaban J connectivity index is 1.98. The maximum absolute atomic E-state index is 13.3. The second-order valence-electron chi connectivity index (χ2n) is 7.35. The number of carbonyl (C=O) groups is 2. The summed E-state index contributed by atoms with van der Waals surface area (Å²) in [4.78, 5) is 27.9. The number of nitrogens with zero attached hydrogens (tertiary/aromatic N) is 1. The number of anilines is 1. The molecule has 32 heavy (non-hydrogen) atoms. The molecule has 0 bridgehead atoms. The van der Waals surface area contributed by atoms with Crippen LogP contribution in [0.2, 0.25) is 0 Å². The van der Waals surface area contributed by atoms with E-state index in [1.54, 1.807) is 31.4 Å². The van der Waals surface area contributed by atoms with E-state index in [4.69, 9.17) is 14.2 Å². The van der Waals surface area contributed by atoms with Crippen molar-refractivity contribution in [2.75, 3.05) is 38.8 Å². The molecule has 3 rings (SSSR count). The molecule has 0 unspecified atom stereocenters. The van der Waals surface area contributed by atoms with E-state index in [-0.39, 0.29) is 24.1 Å². The maximum atomic E-state index is 13.3. The summed E-state index contributed by atoms with van der Waals surface area (Å²) in [6, 6.07) is 12.8. The summed E-state index contributed by atoms with van der Waals surface area (Å²) in [5.74, 6) is 0.602. The Hall–Kier alpha value is -3.32. The minimum Gasteiger partial charge on any atom is -0.495 e. The fourth-order valence-corrected chi connectivity index (χ4v) is 3.57. The van der Waals surface area contributed by atoms with Crippen LogP contribution in [-0.2, 0) is 14.3 Å². The number of rotatable bonds is 11. The number of ether oxygens (including phenoxy) is 3. The molecule has 7 nitrogen and oxygen atoms in total. The standard InChI is InChI=1S/C25H30N2O5/c1-5-31-15-7-14-27-24(28)22(18-9-11-19(12-10-18)32-6-2)23(25(27)29)26-20-16-17(3)8-13-21(20)30-4/h8-13,16,26H,5-7,14-15H2,1-4H3. The van der Waals surface area contributed by atoms with Crippen LogP contribution in [0.25, 0.3) is 5.57 Å². The van der Waals surface area contributed by atoms with Crippen LogP contribution in [0.1, 0.15) is 31.4 Å². The van der Waals surface area contributed by atoms with Crippen molar-refractivity contribution in [1.29, 1.82) is 0 Å². The van der Waals surface area contributed by atoms with Gasteiger partial charge in [0, 0.05) is 19.8 Å². The summed E-state index contributed by atoms with van der Waals surface area (Å²) in [6.07, 6.45) is 0.572. The fourth-order valence-electron chi connectivity index (χ4n) is 3.57. The predicted molar refractivity (Wildman–Crippen MR) is 124 cm³/mol. The molecule has 0 fully saturated rings. The predicted octanol–water partition coefficient (Wildman–Crippen LogP) is 4.02. The molecule has 0 aliphatic carbocycles. The molecule has 0 spiro atoms. The van der Waals surface area contributed by atoms with Gasteiger partial charge in [-0.15, -0.1) is 0 Å². The first kappa shape index (κ1) is 23.3. The Morgan fingerprint density at radius 2 is 1.72 bits per heavy atom. The smallest absolute Gasteiger partial charge is 0.278 e. The molecule has 1 aliphatic heterocycles. The first-order chi connectivity index (χ1) is 15.5. The molecule has 2 aromatic rings. The molecule has 1 heterocycles. The van der Waals surface area contributed by atoms with Gasteiger partial charge >= 0.3 is 0 Å². The summed E-state index contributed by atoms with van der Waals surface area (Å²) in [6.45, 7) is 7.69. The van der Waals surface area contributed by atoms with Gasteiger partial charge in [-0.2, -0.15) is 0 Å². The lowest BCUT2D eigenvalue weighted by molar-refractivity contribution is -0.137. The van der Waals surface area contributed by atoms with Crippen LogP contribution in [0.15, 0.2) is 48.2 Å². The quantitative estimate of drug-likeness (QED) is 0.422. The Labute approximate surface area is 189 Å². The summed E-state index contributed by atoms with van der Waals surface area (Å²) in [7, 11) is 1.57. The van der Waals surface area contributed by atoms with Gasteiger partial charge < -0.3 is 19.5 Å². The van der Waals surface area contributed by atoms with E-state index in [0.29, 0.717) is 54.6 Å². The molecule has 0 saturated heterocycles. The second kappa shape index (κ2) is 10.8. The lowest BCUT2D eigenvalue weighted by Crippen LogP contribution is -2.34. The maximum Gasteiger partial charge on any atom is 0.278 e. The zero-order valence-electron chi connectivity index (χ0n) is 19.1. The van der Waals surface area contributed by atoms with E-state index >= 15 is 0 Å². The zero-order chi connectivity index (χ0) is 23.1. The molecule has 2 amide bonds. The van der Waals surface area contributed by atoms with Gasteiger partial charge in [-0.3, -0.25) is 14.5 Å². The minimum absolute atomic E-state index is 0.236. The Bertz CT molecular complexity index is 998. The zero-order valence-corrected chi connectivity index (χ0v) is 19.1. The van der Waals surface area contributed by atoms with Crippen molar-refractivity contribution in [3.05, 3.63) is 59.3 Å². The molecule has 0 aromatic heterocycles. The van der Waals surface area contributed by atoms with E-state index in [0.717, 1.165) is 5.56 Å². The average molecular weight is 439 g/mol. The highest BCUT2D eigenvalue weighted by molar-refractivity contribution is 6.36. The normalized spacial score (nSPS) is 13.7. The van der Waals surface area contributed by atoms with Crippen molar-refractivity contribution in [2.45, 2.75) is 27.2 Å².